The summed E-state index contributed by atoms with van der Waals surface area (Å²) in [5.74, 6) is -0.308. The number of carbonyl (C=O) groups is 1. The van der Waals surface area contributed by atoms with Gasteiger partial charge in [0.25, 0.3) is 0 Å². The Kier molecular flexibility index (Phi) is 4.28. The van der Waals surface area contributed by atoms with Crippen molar-refractivity contribution in [2.75, 3.05) is 0 Å². The molecule has 0 aliphatic heterocycles. The van der Waals surface area contributed by atoms with Crippen molar-refractivity contribution in [3.05, 3.63) is 64.6 Å². The van der Waals surface area contributed by atoms with Gasteiger partial charge < -0.3 is 9.26 Å². The Morgan fingerprint density at radius 3 is 2.77 bits per heavy atom. The summed E-state index contributed by atoms with van der Waals surface area (Å²) in [5, 5.41) is 8.25. The number of aromatic nitrogens is 3. The summed E-state index contributed by atoms with van der Waals surface area (Å²) in [5.41, 5.74) is 3.69. The fourth-order valence-electron chi connectivity index (χ4n) is 3.25. The van der Waals surface area contributed by atoms with Crippen LogP contribution in [0.1, 0.15) is 46.0 Å². The third kappa shape index (κ3) is 3.12. The number of aryl methyl sites for hydroxylation is 1. The molecule has 26 heavy (non-hydrogen) atoms. The van der Waals surface area contributed by atoms with E-state index in [1.165, 1.54) is 12.1 Å². The fourth-order valence-corrected chi connectivity index (χ4v) is 3.25. The average Bonchev–Trinajstić information content (AvgIpc) is 3.24. The topological polar surface area (TPSA) is 70.2 Å². The molecule has 4 rings (SSSR count). The summed E-state index contributed by atoms with van der Waals surface area (Å²) in [6.45, 7) is 1.81. The highest BCUT2D eigenvalue weighted by molar-refractivity contribution is 5.89. The fraction of sp³-hybridized carbons (Fsp3) is 0.316. The second-order valence-corrected chi connectivity index (χ2v) is 6.38. The smallest absolute Gasteiger partial charge is 0.359 e. The number of rotatable bonds is 4. The molecule has 0 saturated carbocycles. The number of ether oxygens (including phenoxy) is 1. The molecule has 134 valence electrons. The lowest BCUT2D eigenvalue weighted by atomic mass is 9.95. The highest BCUT2D eigenvalue weighted by Gasteiger charge is 2.26. The molecule has 1 aliphatic rings. The second-order valence-electron chi connectivity index (χ2n) is 6.38. The number of halogens is 1. The molecule has 0 N–H and O–H groups in total. The Morgan fingerprint density at radius 2 is 2.04 bits per heavy atom. The molecule has 0 unspecified atom stereocenters. The van der Waals surface area contributed by atoms with Gasteiger partial charge in [0.2, 0.25) is 0 Å². The van der Waals surface area contributed by atoms with E-state index in [1.54, 1.807) is 29.8 Å². The quantitative estimate of drug-likeness (QED) is 0.670. The minimum absolute atomic E-state index is 0.0118. The molecule has 0 saturated heterocycles. The van der Waals surface area contributed by atoms with Crippen LogP contribution in [0, 0.1) is 12.7 Å². The highest BCUT2D eigenvalue weighted by Crippen LogP contribution is 2.27. The van der Waals surface area contributed by atoms with Crippen LogP contribution in [0.25, 0.3) is 5.69 Å². The van der Waals surface area contributed by atoms with Crippen LogP contribution in [0.4, 0.5) is 4.39 Å². The number of hydrogen-bond acceptors (Lipinski definition) is 5. The first kappa shape index (κ1) is 16.5. The standard InChI is InChI=1S/C19H18FN3O3/c1-12-10-15(26-22-12)11-25-19(24)18-16-4-2-3-5-17(16)23(21-18)14-8-6-13(20)7-9-14/h6-10H,2-5,11H2,1H3. The van der Waals surface area contributed by atoms with Gasteiger partial charge in [0.05, 0.1) is 11.4 Å². The molecule has 1 aromatic carbocycles. The maximum Gasteiger partial charge on any atom is 0.359 e. The Hall–Kier alpha value is -2.96. The maximum absolute atomic E-state index is 13.2. The first-order valence-electron chi connectivity index (χ1n) is 8.58. The van der Waals surface area contributed by atoms with Gasteiger partial charge in [-0.1, -0.05) is 5.16 Å². The molecule has 1 aliphatic carbocycles. The van der Waals surface area contributed by atoms with Crippen LogP contribution in [0.5, 0.6) is 0 Å². The van der Waals surface area contributed by atoms with Gasteiger partial charge >= 0.3 is 5.97 Å². The summed E-state index contributed by atoms with van der Waals surface area (Å²) in [4.78, 5) is 12.6. The zero-order chi connectivity index (χ0) is 18.1. The number of hydrogen-bond donors (Lipinski definition) is 0. The van der Waals surface area contributed by atoms with Crippen molar-refractivity contribution in [2.45, 2.75) is 39.2 Å². The molecular weight excluding hydrogens is 337 g/mol. The normalized spacial score (nSPS) is 13.5. The summed E-state index contributed by atoms with van der Waals surface area (Å²) >= 11 is 0. The van der Waals surface area contributed by atoms with Crippen molar-refractivity contribution in [3.63, 3.8) is 0 Å². The molecule has 0 spiro atoms. The van der Waals surface area contributed by atoms with Crippen molar-refractivity contribution < 1.29 is 18.4 Å². The van der Waals surface area contributed by atoms with Crippen LogP contribution in [0.15, 0.2) is 34.9 Å². The second kappa shape index (κ2) is 6.74. The molecule has 0 amide bonds. The molecule has 0 fully saturated rings. The van der Waals surface area contributed by atoms with Crippen molar-refractivity contribution >= 4 is 5.97 Å². The highest BCUT2D eigenvalue weighted by atomic mass is 19.1. The van der Waals surface area contributed by atoms with Gasteiger partial charge in [0.15, 0.2) is 18.1 Å². The van der Waals surface area contributed by atoms with E-state index < -0.39 is 5.97 Å². The van der Waals surface area contributed by atoms with Crippen LogP contribution in [0.2, 0.25) is 0 Å². The Labute approximate surface area is 149 Å². The van der Waals surface area contributed by atoms with E-state index >= 15 is 0 Å². The van der Waals surface area contributed by atoms with Gasteiger partial charge in [-0.3, -0.25) is 0 Å². The summed E-state index contributed by atoms with van der Waals surface area (Å²) < 4.78 is 25.4. The summed E-state index contributed by atoms with van der Waals surface area (Å²) in [7, 11) is 0. The van der Waals surface area contributed by atoms with Crippen LogP contribution >= 0.6 is 0 Å². The van der Waals surface area contributed by atoms with E-state index in [0.29, 0.717) is 11.5 Å². The van der Waals surface area contributed by atoms with E-state index in [4.69, 9.17) is 9.26 Å². The largest absolute Gasteiger partial charge is 0.453 e. The number of nitrogens with zero attached hydrogens (tertiary/aromatic N) is 3. The molecule has 7 heteroatoms. The first-order valence-corrected chi connectivity index (χ1v) is 8.58. The molecule has 6 nitrogen and oxygen atoms in total. The van der Waals surface area contributed by atoms with Crippen LogP contribution < -0.4 is 0 Å². The third-order valence-electron chi connectivity index (χ3n) is 4.47. The van der Waals surface area contributed by atoms with E-state index in [9.17, 15) is 9.18 Å². The minimum Gasteiger partial charge on any atom is -0.453 e. The molecule has 0 bridgehead atoms. The number of carbonyl (C=O) groups excluding carboxylic acids is 1. The predicted molar refractivity (Wildman–Crippen MR) is 90.5 cm³/mol. The summed E-state index contributed by atoms with van der Waals surface area (Å²) in [6.07, 6.45) is 3.64. The van der Waals surface area contributed by atoms with Gasteiger partial charge in [-0.15, -0.1) is 0 Å². The average molecular weight is 355 g/mol. The molecular formula is C19H18FN3O3. The Bertz CT molecular complexity index is 944. The lowest BCUT2D eigenvalue weighted by Crippen LogP contribution is -2.10. The lowest BCUT2D eigenvalue weighted by molar-refractivity contribution is 0.0428. The van der Waals surface area contributed by atoms with E-state index in [1.807, 2.05) is 0 Å². The van der Waals surface area contributed by atoms with E-state index in [2.05, 4.69) is 10.3 Å². The van der Waals surface area contributed by atoms with Gasteiger partial charge in [-0.05, 0) is 56.9 Å². The Balaban J connectivity index is 1.63. The zero-order valence-electron chi connectivity index (χ0n) is 14.4. The maximum atomic E-state index is 13.2. The van der Waals surface area contributed by atoms with Crippen LogP contribution in [0.3, 0.4) is 0 Å². The van der Waals surface area contributed by atoms with E-state index in [0.717, 1.165) is 48.3 Å². The lowest BCUT2D eigenvalue weighted by Gasteiger charge is -2.14. The predicted octanol–water partition coefficient (Wildman–Crippen LogP) is 3.54. The van der Waals surface area contributed by atoms with Crippen LogP contribution in [-0.4, -0.2) is 20.9 Å². The minimum atomic E-state index is -0.488. The van der Waals surface area contributed by atoms with Gasteiger partial charge in [0.1, 0.15) is 5.82 Å². The van der Waals surface area contributed by atoms with Gasteiger partial charge in [-0.25, -0.2) is 13.9 Å². The number of fused-ring (bicyclic) bond motifs is 1. The van der Waals surface area contributed by atoms with Crippen molar-refractivity contribution in [1.29, 1.82) is 0 Å². The molecule has 2 heterocycles. The van der Waals surface area contributed by atoms with Crippen molar-refractivity contribution in [1.82, 2.24) is 14.9 Å². The molecule has 2 aromatic heterocycles. The molecule has 0 atom stereocenters. The van der Waals surface area contributed by atoms with Gasteiger partial charge in [-0.2, -0.15) is 5.10 Å². The number of benzene rings is 1. The van der Waals surface area contributed by atoms with E-state index in [-0.39, 0.29) is 12.4 Å². The van der Waals surface area contributed by atoms with Crippen molar-refractivity contribution in [2.24, 2.45) is 0 Å². The van der Waals surface area contributed by atoms with Crippen LogP contribution in [-0.2, 0) is 24.2 Å². The zero-order valence-corrected chi connectivity index (χ0v) is 14.4. The molecule has 3 aromatic rings. The van der Waals surface area contributed by atoms with Crippen molar-refractivity contribution in [3.8, 4) is 5.69 Å². The van der Waals surface area contributed by atoms with Gasteiger partial charge in [0, 0.05) is 17.3 Å². The first-order chi connectivity index (χ1) is 12.6. The Morgan fingerprint density at radius 1 is 1.27 bits per heavy atom. The SMILES string of the molecule is Cc1cc(COC(=O)c2nn(-c3ccc(F)cc3)c3c2CCCC3)on1. The monoisotopic (exact) mass is 355 g/mol. The third-order valence-corrected chi connectivity index (χ3v) is 4.47. The molecule has 0 radical (unpaired) electrons. The number of esters is 1. The summed E-state index contributed by atoms with van der Waals surface area (Å²) in [6, 6.07) is 7.81.